The minimum atomic E-state index is -0.00946. The molecule has 0 spiro atoms. The Hall–Kier alpha value is -2.82. The van der Waals surface area contributed by atoms with Gasteiger partial charge in [-0.15, -0.1) is 0 Å². The number of nitrogens with zero attached hydrogens (tertiary/aromatic N) is 2. The number of rotatable bonds is 6. The molecular weight excluding hydrogens is 340 g/mol. The average Bonchev–Trinajstić information content (AvgIpc) is 2.70. The summed E-state index contributed by atoms with van der Waals surface area (Å²) in [6, 6.07) is 17.7. The van der Waals surface area contributed by atoms with Crippen molar-refractivity contribution in [2.75, 3.05) is 26.7 Å². The van der Waals surface area contributed by atoms with Crippen molar-refractivity contribution in [3.63, 3.8) is 0 Å². The van der Waals surface area contributed by atoms with Crippen LogP contribution in [0.2, 0.25) is 0 Å². The Morgan fingerprint density at radius 1 is 1.11 bits per heavy atom. The van der Waals surface area contributed by atoms with Crippen LogP contribution in [0.4, 0.5) is 0 Å². The molecule has 2 aromatic rings. The highest BCUT2D eigenvalue weighted by Gasteiger charge is 2.28. The predicted molar refractivity (Wildman–Crippen MR) is 104 cm³/mol. The second-order valence-electron chi connectivity index (χ2n) is 7.00. The molecule has 5 nitrogen and oxygen atoms in total. The summed E-state index contributed by atoms with van der Waals surface area (Å²) in [5.74, 6) is 0.956. The Morgan fingerprint density at radius 3 is 2.59 bits per heavy atom. The van der Waals surface area contributed by atoms with Gasteiger partial charge in [-0.2, -0.15) is 0 Å². The first-order valence-corrected chi connectivity index (χ1v) is 9.30. The molecule has 0 bridgehead atoms. The Bertz CT molecular complexity index is 791. The molecule has 2 aromatic carbocycles. The molecule has 0 radical (unpaired) electrons. The van der Waals surface area contributed by atoms with Crippen molar-refractivity contribution in [2.45, 2.75) is 25.8 Å². The first-order chi connectivity index (χ1) is 13.1. The maximum absolute atomic E-state index is 12.6. The van der Waals surface area contributed by atoms with Gasteiger partial charge in [-0.25, -0.2) is 0 Å². The molecule has 1 aliphatic heterocycles. The van der Waals surface area contributed by atoms with Crippen LogP contribution in [0.1, 0.15) is 30.4 Å². The zero-order valence-corrected chi connectivity index (χ0v) is 15.9. The number of hydrogen-bond acceptors (Lipinski definition) is 3. The van der Waals surface area contributed by atoms with E-state index in [0.29, 0.717) is 26.1 Å². The molecule has 1 atom stereocenters. The fourth-order valence-electron chi connectivity index (χ4n) is 3.37. The molecule has 0 aromatic heterocycles. The van der Waals surface area contributed by atoms with Crippen molar-refractivity contribution in [3.05, 3.63) is 65.7 Å². The van der Waals surface area contributed by atoms with Gasteiger partial charge in [0.15, 0.2) is 0 Å². The first kappa shape index (κ1) is 19.0. The van der Waals surface area contributed by atoms with Gasteiger partial charge in [-0.1, -0.05) is 49.4 Å². The molecule has 1 fully saturated rings. The summed E-state index contributed by atoms with van der Waals surface area (Å²) in [5, 5.41) is 0. The zero-order valence-electron chi connectivity index (χ0n) is 15.9. The fourth-order valence-corrected chi connectivity index (χ4v) is 3.37. The summed E-state index contributed by atoms with van der Waals surface area (Å²) in [5.41, 5.74) is 2.18. The summed E-state index contributed by atoms with van der Waals surface area (Å²) < 4.78 is 5.24. The summed E-state index contributed by atoms with van der Waals surface area (Å²) >= 11 is 0. The highest BCUT2D eigenvalue weighted by molar-refractivity contribution is 5.86. The molecule has 5 heteroatoms. The molecule has 142 valence electrons. The van der Waals surface area contributed by atoms with E-state index in [2.05, 4.69) is 0 Å². The zero-order chi connectivity index (χ0) is 19.2. The predicted octanol–water partition coefficient (Wildman–Crippen LogP) is 3.06. The van der Waals surface area contributed by atoms with Crippen LogP contribution in [0.15, 0.2) is 54.6 Å². The van der Waals surface area contributed by atoms with Crippen molar-refractivity contribution in [1.82, 2.24) is 9.80 Å². The van der Waals surface area contributed by atoms with Crippen LogP contribution in [0.3, 0.4) is 0 Å². The number of carbonyl (C=O) groups excluding carboxylic acids is 2. The summed E-state index contributed by atoms with van der Waals surface area (Å²) in [7, 11) is 1.63. The van der Waals surface area contributed by atoms with Gasteiger partial charge < -0.3 is 14.5 Å². The average molecular weight is 366 g/mol. The van der Waals surface area contributed by atoms with Crippen molar-refractivity contribution < 1.29 is 14.3 Å². The van der Waals surface area contributed by atoms with E-state index in [-0.39, 0.29) is 24.3 Å². The third-order valence-corrected chi connectivity index (χ3v) is 5.03. The lowest BCUT2D eigenvalue weighted by Gasteiger charge is -2.35. The normalized spacial score (nSPS) is 15.6. The summed E-state index contributed by atoms with van der Waals surface area (Å²) in [4.78, 5) is 28.6. The van der Waals surface area contributed by atoms with Gasteiger partial charge >= 0.3 is 0 Å². The van der Waals surface area contributed by atoms with Crippen LogP contribution in [-0.4, -0.2) is 48.4 Å². The van der Waals surface area contributed by atoms with E-state index < -0.39 is 0 Å². The molecule has 1 unspecified atom stereocenters. The van der Waals surface area contributed by atoms with Gasteiger partial charge in [0.1, 0.15) is 5.75 Å². The van der Waals surface area contributed by atoms with Crippen molar-refractivity contribution in [1.29, 1.82) is 0 Å². The fraction of sp³-hybridized carbons (Fsp3) is 0.364. The number of benzene rings is 2. The van der Waals surface area contributed by atoms with Crippen LogP contribution >= 0.6 is 0 Å². The molecule has 27 heavy (non-hydrogen) atoms. The largest absolute Gasteiger partial charge is 0.497 e. The second kappa shape index (κ2) is 8.71. The highest BCUT2D eigenvalue weighted by atomic mass is 16.5. The monoisotopic (exact) mass is 366 g/mol. The van der Waals surface area contributed by atoms with E-state index in [4.69, 9.17) is 4.74 Å². The number of methoxy groups -OCH3 is 1. The molecule has 1 saturated heterocycles. The SMILES string of the molecule is COc1cccc(CN2CCN(C(=O)CC(C)c3ccccc3)CC2=O)c1. The quantitative estimate of drug-likeness (QED) is 0.789. The van der Waals surface area contributed by atoms with Gasteiger partial charge in [-0.3, -0.25) is 9.59 Å². The van der Waals surface area contributed by atoms with Crippen LogP contribution in [-0.2, 0) is 16.1 Å². The minimum absolute atomic E-state index is 0.00946. The van der Waals surface area contributed by atoms with E-state index in [9.17, 15) is 9.59 Å². The number of hydrogen-bond donors (Lipinski definition) is 0. The first-order valence-electron chi connectivity index (χ1n) is 9.30. The molecule has 1 aliphatic rings. The van der Waals surface area contributed by atoms with E-state index >= 15 is 0 Å². The molecule has 1 heterocycles. The standard InChI is InChI=1S/C22H26N2O3/c1-17(19-8-4-3-5-9-19)13-21(25)24-12-11-23(22(26)16-24)15-18-7-6-10-20(14-18)27-2/h3-10,14,17H,11-13,15-16H2,1-2H3. The molecule has 0 saturated carbocycles. The summed E-state index contributed by atoms with van der Waals surface area (Å²) in [6.45, 7) is 3.88. The van der Waals surface area contributed by atoms with Crippen LogP contribution in [0.25, 0.3) is 0 Å². The molecule has 0 N–H and O–H groups in total. The van der Waals surface area contributed by atoms with Crippen molar-refractivity contribution in [3.8, 4) is 5.75 Å². The second-order valence-corrected chi connectivity index (χ2v) is 7.00. The number of carbonyl (C=O) groups is 2. The van der Waals surface area contributed by atoms with E-state index in [1.807, 2.05) is 61.5 Å². The maximum atomic E-state index is 12.6. The number of piperazine rings is 1. The van der Waals surface area contributed by atoms with Gasteiger partial charge in [0.05, 0.1) is 13.7 Å². The van der Waals surface area contributed by atoms with Gasteiger partial charge in [-0.05, 0) is 29.2 Å². The van der Waals surface area contributed by atoms with Crippen LogP contribution < -0.4 is 4.74 Å². The molecular formula is C22H26N2O3. The number of amides is 2. The maximum Gasteiger partial charge on any atom is 0.242 e. The minimum Gasteiger partial charge on any atom is -0.497 e. The van der Waals surface area contributed by atoms with E-state index in [0.717, 1.165) is 16.9 Å². The lowest BCUT2D eigenvalue weighted by atomic mass is 9.97. The van der Waals surface area contributed by atoms with E-state index in [1.54, 1.807) is 16.9 Å². The van der Waals surface area contributed by atoms with Crippen LogP contribution in [0.5, 0.6) is 5.75 Å². The van der Waals surface area contributed by atoms with Crippen LogP contribution in [0, 0.1) is 0 Å². The van der Waals surface area contributed by atoms with Gasteiger partial charge in [0.25, 0.3) is 0 Å². The van der Waals surface area contributed by atoms with Gasteiger partial charge in [0.2, 0.25) is 11.8 Å². The summed E-state index contributed by atoms with van der Waals surface area (Å²) in [6.07, 6.45) is 0.424. The smallest absolute Gasteiger partial charge is 0.242 e. The lowest BCUT2D eigenvalue weighted by molar-refractivity contribution is -0.145. The van der Waals surface area contributed by atoms with Crippen molar-refractivity contribution >= 4 is 11.8 Å². The Morgan fingerprint density at radius 2 is 1.89 bits per heavy atom. The molecule has 0 aliphatic carbocycles. The Balaban J connectivity index is 1.54. The third-order valence-electron chi connectivity index (χ3n) is 5.03. The van der Waals surface area contributed by atoms with E-state index in [1.165, 1.54) is 0 Å². The highest BCUT2D eigenvalue weighted by Crippen LogP contribution is 2.21. The topological polar surface area (TPSA) is 49.9 Å². The lowest BCUT2D eigenvalue weighted by Crippen LogP contribution is -2.51. The van der Waals surface area contributed by atoms with Gasteiger partial charge in [0, 0.05) is 26.1 Å². The van der Waals surface area contributed by atoms with Crippen molar-refractivity contribution in [2.24, 2.45) is 0 Å². The molecule has 2 amide bonds. The third kappa shape index (κ3) is 4.88. The Labute approximate surface area is 160 Å². The molecule has 3 rings (SSSR count). The number of ether oxygens (including phenoxy) is 1. The Kier molecular flexibility index (Phi) is 6.12.